The number of nitrogens with zero attached hydrogens (tertiary/aromatic N) is 1. The van der Waals surface area contributed by atoms with Gasteiger partial charge >= 0.3 is 0 Å². The molecule has 1 N–H and O–H groups in total. The number of carbonyl (C=O) groups is 1. The van der Waals surface area contributed by atoms with Gasteiger partial charge in [-0.2, -0.15) is 4.31 Å². The maximum atomic E-state index is 12.5. The lowest BCUT2D eigenvalue weighted by Crippen LogP contribution is -2.34. The molecule has 0 saturated heterocycles. The molecule has 0 atom stereocenters. The van der Waals surface area contributed by atoms with Crippen LogP contribution in [0.3, 0.4) is 0 Å². The Morgan fingerprint density at radius 2 is 1.69 bits per heavy atom. The van der Waals surface area contributed by atoms with Gasteiger partial charge in [0.1, 0.15) is 0 Å². The predicted octanol–water partition coefficient (Wildman–Crippen LogP) is 2.62. The van der Waals surface area contributed by atoms with Crippen LogP contribution in [0.2, 0.25) is 5.02 Å². The summed E-state index contributed by atoms with van der Waals surface area (Å²) >= 11 is 5.77. The van der Waals surface area contributed by atoms with E-state index >= 15 is 0 Å². The zero-order valence-electron chi connectivity index (χ0n) is 14.5. The smallest absolute Gasteiger partial charge is 0.243 e. The summed E-state index contributed by atoms with van der Waals surface area (Å²) in [5.74, 6) is 0.484. The molecule has 0 unspecified atom stereocenters. The molecule has 0 aliphatic heterocycles. The number of hydrogen-bond acceptors (Lipinski definition) is 5. The van der Waals surface area contributed by atoms with Crippen molar-refractivity contribution in [2.45, 2.75) is 4.90 Å². The highest BCUT2D eigenvalue weighted by atomic mass is 35.5. The normalized spacial score (nSPS) is 11.3. The van der Waals surface area contributed by atoms with E-state index in [4.69, 9.17) is 21.1 Å². The summed E-state index contributed by atoms with van der Waals surface area (Å²) in [5, 5.41) is 3.06. The molecule has 0 heterocycles. The number of likely N-dealkylation sites (N-methyl/N-ethyl adjacent to an activating group) is 1. The van der Waals surface area contributed by atoms with Crippen molar-refractivity contribution in [1.29, 1.82) is 0 Å². The van der Waals surface area contributed by atoms with E-state index in [1.54, 1.807) is 18.2 Å². The number of carbonyl (C=O) groups excluding carboxylic acids is 1. The number of nitrogens with one attached hydrogen (secondary N) is 1. The van der Waals surface area contributed by atoms with Gasteiger partial charge in [0.05, 0.1) is 25.7 Å². The first kappa shape index (κ1) is 20.0. The van der Waals surface area contributed by atoms with Crippen LogP contribution in [-0.4, -0.2) is 46.4 Å². The summed E-state index contributed by atoms with van der Waals surface area (Å²) in [7, 11) is 0.523. The highest BCUT2D eigenvalue weighted by Gasteiger charge is 2.23. The van der Waals surface area contributed by atoms with E-state index in [0.29, 0.717) is 22.2 Å². The second kappa shape index (κ2) is 8.39. The van der Waals surface area contributed by atoms with Crippen molar-refractivity contribution in [1.82, 2.24) is 4.31 Å². The minimum atomic E-state index is -3.80. The maximum Gasteiger partial charge on any atom is 0.243 e. The summed E-state index contributed by atoms with van der Waals surface area (Å²) in [6, 6.07) is 10.6. The number of amides is 1. The van der Waals surface area contributed by atoms with Crippen molar-refractivity contribution in [2.24, 2.45) is 0 Å². The Labute approximate surface area is 157 Å². The number of ether oxygens (including phenoxy) is 2. The summed E-state index contributed by atoms with van der Waals surface area (Å²) in [4.78, 5) is 12.3. The Morgan fingerprint density at radius 1 is 1.08 bits per heavy atom. The summed E-state index contributed by atoms with van der Waals surface area (Å²) in [6.45, 7) is -0.348. The standard InChI is InChI=1S/C17H19ClN2O5S/c1-20(26(22,23)14-7-4-12(18)5-8-14)11-17(21)19-13-6-9-15(24-2)16(10-13)25-3/h4-10H,11H2,1-3H3,(H,19,21). The molecule has 140 valence electrons. The second-order valence-electron chi connectivity index (χ2n) is 5.33. The quantitative estimate of drug-likeness (QED) is 0.774. The number of anilines is 1. The van der Waals surface area contributed by atoms with Crippen molar-refractivity contribution < 1.29 is 22.7 Å². The lowest BCUT2D eigenvalue weighted by molar-refractivity contribution is -0.116. The molecule has 0 spiro atoms. The second-order valence-corrected chi connectivity index (χ2v) is 7.81. The molecule has 0 radical (unpaired) electrons. The Kier molecular flexibility index (Phi) is 6.47. The van der Waals surface area contributed by atoms with Gasteiger partial charge in [0.15, 0.2) is 11.5 Å². The topological polar surface area (TPSA) is 84.9 Å². The third kappa shape index (κ3) is 4.66. The Morgan fingerprint density at radius 3 is 2.27 bits per heavy atom. The van der Waals surface area contributed by atoms with Gasteiger partial charge in [-0.3, -0.25) is 4.79 Å². The van der Waals surface area contributed by atoms with Crippen molar-refractivity contribution in [2.75, 3.05) is 33.1 Å². The zero-order valence-corrected chi connectivity index (χ0v) is 16.1. The monoisotopic (exact) mass is 398 g/mol. The van der Waals surface area contributed by atoms with Gasteiger partial charge < -0.3 is 14.8 Å². The third-order valence-corrected chi connectivity index (χ3v) is 5.62. The highest BCUT2D eigenvalue weighted by Crippen LogP contribution is 2.29. The van der Waals surface area contributed by atoms with Crippen LogP contribution in [0.1, 0.15) is 0 Å². The molecule has 2 rings (SSSR count). The van der Waals surface area contributed by atoms with Crippen molar-refractivity contribution in [3.8, 4) is 11.5 Å². The van der Waals surface area contributed by atoms with E-state index < -0.39 is 15.9 Å². The van der Waals surface area contributed by atoms with E-state index in [0.717, 1.165) is 4.31 Å². The Balaban J connectivity index is 2.08. The lowest BCUT2D eigenvalue weighted by atomic mass is 10.2. The van der Waals surface area contributed by atoms with Crippen LogP contribution >= 0.6 is 11.6 Å². The van der Waals surface area contributed by atoms with Crippen LogP contribution in [-0.2, 0) is 14.8 Å². The highest BCUT2D eigenvalue weighted by molar-refractivity contribution is 7.89. The van der Waals surface area contributed by atoms with Gasteiger partial charge in [-0.15, -0.1) is 0 Å². The fourth-order valence-corrected chi connectivity index (χ4v) is 3.44. The van der Waals surface area contributed by atoms with Gasteiger partial charge in [0.25, 0.3) is 0 Å². The van der Waals surface area contributed by atoms with Crippen LogP contribution in [0.4, 0.5) is 5.69 Å². The van der Waals surface area contributed by atoms with E-state index in [9.17, 15) is 13.2 Å². The largest absolute Gasteiger partial charge is 0.493 e. The number of sulfonamides is 1. The summed E-state index contributed by atoms with van der Waals surface area (Å²) < 4.78 is 36.2. The maximum absolute atomic E-state index is 12.5. The molecular weight excluding hydrogens is 380 g/mol. The molecule has 1 amide bonds. The molecule has 9 heteroatoms. The van der Waals surface area contributed by atoms with Gasteiger partial charge in [-0.1, -0.05) is 11.6 Å². The number of rotatable bonds is 7. The Bertz CT molecular complexity index is 885. The first-order chi connectivity index (χ1) is 12.3. The van der Waals surface area contributed by atoms with Crippen molar-refractivity contribution >= 4 is 33.2 Å². The lowest BCUT2D eigenvalue weighted by Gasteiger charge is -2.17. The summed E-state index contributed by atoms with van der Waals surface area (Å²) in [6.07, 6.45) is 0. The fraction of sp³-hybridized carbons (Fsp3) is 0.235. The Hall–Kier alpha value is -2.29. The predicted molar refractivity (Wildman–Crippen MR) is 99.4 cm³/mol. The molecule has 26 heavy (non-hydrogen) atoms. The van der Waals surface area contributed by atoms with Gasteiger partial charge in [-0.25, -0.2) is 8.42 Å². The van der Waals surface area contributed by atoms with Crippen LogP contribution < -0.4 is 14.8 Å². The van der Waals surface area contributed by atoms with Gasteiger partial charge in [0, 0.05) is 23.8 Å². The van der Waals surface area contributed by atoms with Crippen molar-refractivity contribution in [3.63, 3.8) is 0 Å². The van der Waals surface area contributed by atoms with Crippen LogP contribution in [0.25, 0.3) is 0 Å². The molecule has 0 aliphatic rings. The van der Waals surface area contributed by atoms with Gasteiger partial charge in [0.2, 0.25) is 15.9 Å². The first-order valence-electron chi connectivity index (χ1n) is 7.51. The minimum Gasteiger partial charge on any atom is -0.493 e. The third-order valence-electron chi connectivity index (χ3n) is 3.56. The molecule has 0 saturated carbocycles. The molecule has 2 aromatic carbocycles. The van der Waals surface area contributed by atoms with E-state index in [1.807, 2.05) is 0 Å². The van der Waals surface area contributed by atoms with Crippen molar-refractivity contribution in [3.05, 3.63) is 47.5 Å². The molecule has 2 aromatic rings. The van der Waals surface area contributed by atoms with Crippen LogP contribution in [0.5, 0.6) is 11.5 Å². The molecule has 0 aliphatic carbocycles. The molecule has 0 bridgehead atoms. The fourth-order valence-electron chi connectivity index (χ4n) is 2.19. The average molecular weight is 399 g/mol. The number of benzene rings is 2. The zero-order chi connectivity index (χ0) is 19.3. The number of methoxy groups -OCH3 is 2. The van der Waals surface area contributed by atoms with E-state index in [2.05, 4.69) is 5.32 Å². The molecule has 0 fully saturated rings. The first-order valence-corrected chi connectivity index (χ1v) is 9.33. The number of halogens is 1. The summed E-state index contributed by atoms with van der Waals surface area (Å²) in [5.41, 5.74) is 0.463. The van der Waals surface area contributed by atoms with Crippen LogP contribution in [0.15, 0.2) is 47.4 Å². The molecular formula is C17H19ClN2O5S. The van der Waals surface area contributed by atoms with E-state index in [1.165, 1.54) is 45.5 Å². The minimum absolute atomic E-state index is 0.0586. The average Bonchev–Trinajstić information content (AvgIpc) is 2.61. The SMILES string of the molecule is COc1ccc(NC(=O)CN(C)S(=O)(=O)c2ccc(Cl)cc2)cc1OC. The van der Waals surface area contributed by atoms with Gasteiger partial charge in [-0.05, 0) is 36.4 Å². The van der Waals surface area contributed by atoms with Crippen LogP contribution in [0, 0.1) is 0 Å². The molecule has 7 nitrogen and oxygen atoms in total. The molecule has 0 aromatic heterocycles. The number of hydrogen-bond donors (Lipinski definition) is 1. The van der Waals surface area contributed by atoms with E-state index in [-0.39, 0.29) is 11.4 Å².